The Bertz CT molecular complexity index is 1050. The van der Waals surface area contributed by atoms with Gasteiger partial charge in [0.25, 0.3) is 0 Å². The lowest BCUT2D eigenvalue weighted by Crippen LogP contribution is -2.33. The number of aromatic hydroxyl groups is 1. The zero-order valence-corrected chi connectivity index (χ0v) is 18.8. The lowest BCUT2D eigenvalue weighted by molar-refractivity contribution is 0.340. The first-order valence-electron chi connectivity index (χ1n) is 9.83. The molecule has 0 radical (unpaired) electrons. The molecule has 4 rings (SSSR count). The molecule has 1 heterocycles. The second-order valence-electron chi connectivity index (χ2n) is 7.11. The van der Waals surface area contributed by atoms with Gasteiger partial charge in [-0.25, -0.2) is 0 Å². The number of phenolic OH excluding ortho intramolecular Hbond substituents is 1. The zero-order valence-electron chi connectivity index (χ0n) is 16.5. The Hall–Kier alpha value is -2.34. The Morgan fingerprint density at radius 3 is 2.53 bits per heavy atom. The third kappa shape index (κ3) is 4.69. The molecule has 0 spiro atoms. The number of hydrogen-bond acceptors (Lipinski definition) is 4. The number of aliphatic imine (C=N–C) groups is 1. The van der Waals surface area contributed by atoms with Gasteiger partial charge in [0.15, 0.2) is 0 Å². The highest BCUT2D eigenvalue weighted by atomic mass is 79.9. The van der Waals surface area contributed by atoms with E-state index in [1.807, 2.05) is 67.6 Å². The third-order valence-corrected chi connectivity index (χ3v) is 5.84. The first-order chi connectivity index (χ1) is 14.5. The van der Waals surface area contributed by atoms with Gasteiger partial charge in [-0.15, -0.1) is 0 Å². The summed E-state index contributed by atoms with van der Waals surface area (Å²) in [5.74, 6) is 1.10. The van der Waals surface area contributed by atoms with Crippen LogP contribution in [0.5, 0.6) is 11.5 Å². The first-order valence-corrected chi connectivity index (χ1v) is 11.0. The van der Waals surface area contributed by atoms with Crippen LogP contribution in [0.25, 0.3) is 0 Å². The van der Waals surface area contributed by atoms with E-state index in [0.717, 1.165) is 32.6 Å². The Morgan fingerprint density at radius 1 is 1.10 bits per heavy atom. The monoisotopic (exact) mass is 484 g/mol. The molecule has 3 aromatic rings. The highest BCUT2D eigenvalue weighted by Crippen LogP contribution is 2.36. The van der Waals surface area contributed by atoms with Crippen molar-refractivity contribution in [3.05, 3.63) is 92.9 Å². The van der Waals surface area contributed by atoms with Gasteiger partial charge < -0.3 is 9.84 Å². The molecule has 4 nitrogen and oxygen atoms in total. The van der Waals surface area contributed by atoms with Gasteiger partial charge in [0.1, 0.15) is 17.7 Å². The van der Waals surface area contributed by atoms with Crippen LogP contribution in [0.1, 0.15) is 42.2 Å². The average Bonchev–Trinajstić information content (AvgIpc) is 2.76. The highest BCUT2D eigenvalue weighted by Gasteiger charge is 2.27. The molecule has 3 aromatic carbocycles. The second-order valence-corrected chi connectivity index (χ2v) is 8.47. The Balaban J connectivity index is 1.72. The number of benzene rings is 3. The number of rotatable bonds is 5. The van der Waals surface area contributed by atoms with Crippen LogP contribution in [0.4, 0.5) is 0 Å². The number of nitrogens with zero attached hydrogens (tertiary/aromatic N) is 1. The summed E-state index contributed by atoms with van der Waals surface area (Å²) in [6.45, 7) is 2.60. The topological polar surface area (TPSA) is 53.8 Å². The summed E-state index contributed by atoms with van der Waals surface area (Å²) >= 11 is 9.59. The van der Waals surface area contributed by atoms with Gasteiger partial charge in [0.2, 0.25) is 0 Å². The van der Waals surface area contributed by atoms with Crippen LogP contribution in [0, 0.1) is 0 Å². The summed E-state index contributed by atoms with van der Waals surface area (Å²) < 4.78 is 6.49. The fraction of sp³-hybridized carbons (Fsp3) is 0.208. The second kappa shape index (κ2) is 9.21. The minimum atomic E-state index is -0.249. The van der Waals surface area contributed by atoms with Gasteiger partial charge in [0, 0.05) is 33.2 Å². The summed E-state index contributed by atoms with van der Waals surface area (Å²) in [7, 11) is 0. The molecule has 1 aliphatic heterocycles. The molecule has 154 valence electrons. The third-order valence-electron chi connectivity index (χ3n) is 5.09. The predicted octanol–water partition coefficient (Wildman–Crippen LogP) is 6.43. The molecule has 2 atom stereocenters. The van der Waals surface area contributed by atoms with Crippen molar-refractivity contribution in [1.82, 2.24) is 5.32 Å². The van der Waals surface area contributed by atoms with Crippen molar-refractivity contribution in [2.24, 2.45) is 4.99 Å². The number of ether oxygens (including phenoxy) is 1. The fourth-order valence-corrected chi connectivity index (χ4v) is 4.12. The zero-order chi connectivity index (χ0) is 21.1. The molecule has 1 aliphatic rings. The van der Waals surface area contributed by atoms with Crippen LogP contribution in [0.3, 0.4) is 0 Å². The maximum absolute atomic E-state index is 10.5. The molecule has 0 saturated heterocycles. The predicted molar refractivity (Wildman–Crippen MR) is 125 cm³/mol. The number of nitrogens with one attached hydrogen (secondary N) is 1. The maximum Gasteiger partial charge on any atom is 0.126 e. The lowest BCUT2D eigenvalue weighted by atomic mass is 9.93. The first kappa shape index (κ1) is 20.9. The van der Waals surface area contributed by atoms with E-state index < -0.39 is 0 Å². The van der Waals surface area contributed by atoms with Crippen LogP contribution < -0.4 is 10.1 Å². The van der Waals surface area contributed by atoms with Gasteiger partial charge in [-0.05, 0) is 72.6 Å². The molecule has 0 fully saturated rings. The smallest absolute Gasteiger partial charge is 0.126 e. The SMILES string of the molecule is CCOc1ccc(C2=NC(c3ccc(Cl)cc3)NC(c3cc(Br)ccc3O)C2)cc1. The molecule has 30 heavy (non-hydrogen) atoms. The molecule has 0 saturated carbocycles. The van der Waals surface area contributed by atoms with E-state index in [1.165, 1.54) is 0 Å². The van der Waals surface area contributed by atoms with E-state index in [9.17, 15) is 5.11 Å². The van der Waals surface area contributed by atoms with Crippen molar-refractivity contribution < 1.29 is 9.84 Å². The summed E-state index contributed by atoms with van der Waals surface area (Å²) in [5.41, 5.74) is 3.86. The van der Waals surface area contributed by atoms with Crippen LogP contribution in [0.2, 0.25) is 5.02 Å². The van der Waals surface area contributed by atoms with Crippen molar-refractivity contribution in [3.63, 3.8) is 0 Å². The van der Waals surface area contributed by atoms with Crippen LogP contribution in [0.15, 0.2) is 76.2 Å². The highest BCUT2D eigenvalue weighted by molar-refractivity contribution is 9.10. The van der Waals surface area contributed by atoms with E-state index in [0.29, 0.717) is 18.1 Å². The van der Waals surface area contributed by atoms with Gasteiger partial charge >= 0.3 is 0 Å². The lowest BCUT2D eigenvalue weighted by Gasteiger charge is -2.31. The molecule has 0 amide bonds. The molecule has 6 heteroatoms. The van der Waals surface area contributed by atoms with Crippen LogP contribution in [-0.4, -0.2) is 17.4 Å². The molecular formula is C24H22BrClN2O2. The van der Waals surface area contributed by atoms with Gasteiger partial charge in [-0.1, -0.05) is 39.7 Å². The van der Waals surface area contributed by atoms with E-state index in [-0.39, 0.29) is 18.0 Å². The van der Waals surface area contributed by atoms with Gasteiger partial charge in [-0.3, -0.25) is 10.3 Å². The summed E-state index contributed by atoms with van der Waals surface area (Å²) in [6.07, 6.45) is 0.406. The van der Waals surface area contributed by atoms with Crippen molar-refractivity contribution in [2.45, 2.75) is 25.6 Å². The van der Waals surface area contributed by atoms with E-state index in [2.05, 4.69) is 21.2 Å². The van der Waals surface area contributed by atoms with Crippen molar-refractivity contribution >= 4 is 33.2 Å². The molecule has 0 aliphatic carbocycles. The maximum atomic E-state index is 10.5. The Morgan fingerprint density at radius 2 is 1.83 bits per heavy atom. The molecule has 0 aromatic heterocycles. The van der Waals surface area contributed by atoms with E-state index in [1.54, 1.807) is 6.07 Å². The van der Waals surface area contributed by atoms with Gasteiger partial charge in [-0.2, -0.15) is 0 Å². The minimum Gasteiger partial charge on any atom is -0.508 e. The largest absolute Gasteiger partial charge is 0.508 e. The number of hydrogen-bond donors (Lipinski definition) is 2. The molecule has 2 N–H and O–H groups in total. The molecule has 2 unspecified atom stereocenters. The standard InChI is InChI=1S/C24H22BrClN2O2/c1-2-30-19-10-5-15(6-11-19)21-14-22(20-13-17(25)7-12-23(20)29)28-24(27-21)16-3-8-18(26)9-4-16/h3-13,22,24,28-29H,2,14H2,1H3. The molecule has 0 bridgehead atoms. The van der Waals surface area contributed by atoms with E-state index >= 15 is 0 Å². The fourth-order valence-electron chi connectivity index (χ4n) is 3.61. The Labute approximate surface area is 189 Å². The van der Waals surface area contributed by atoms with Gasteiger partial charge in [0.05, 0.1) is 6.61 Å². The summed E-state index contributed by atoms with van der Waals surface area (Å²) in [5, 5.41) is 14.8. The summed E-state index contributed by atoms with van der Waals surface area (Å²) in [6, 6.07) is 21.1. The van der Waals surface area contributed by atoms with Crippen molar-refractivity contribution in [1.29, 1.82) is 0 Å². The number of phenols is 1. The van der Waals surface area contributed by atoms with Crippen molar-refractivity contribution in [2.75, 3.05) is 6.61 Å². The Kier molecular flexibility index (Phi) is 6.42. The molecular weight excluding hydrogens is 464 g/mol. The van der Waals surface area contributed by atoms with Crippen LogP contribution >= 0.6 is 27.5 Å². The summed E-state index contributed by atoms with van der Waals surface area (Å²) in [4.78, 5) is 4.98. The normalized spacial score (nSPS) is 18.7. The minimum absolute atomic E-state index is 0.0951. The van der Waals surface area contributed by atoms with E-state index in [4.69, 9.17) is 21.3 Å². The quantitative estimate of drug-likeness (QED) is 0.438. The number of halogens is 2. The average molecular weight is 486 g/mol. The van der Waals surface area contributed by atoms with Crippen LogP contribution in [-0.2, 0) is 0 Å². The van der Waals surface area contributed by atoms with Crippen molar-refractivity contribution in [3.8, 4) is 11.5 Å².